The highest BCUT2D eigenvalue weighted by molar-refractivity contribution is 7.99. The molecule has 0 aliphatic heterocycles. The van der Waals surface area contributed by atoms with Gasteiger partial charge in [0.25, 0.3) is 11.1 Å². The Hall–Kier alpha value is -2.28. The van der Waals surface area contributed by atoms with Crippen LogP contribution in [0.4, 0.5) is 0 Å². The summed E-state index contributed by atoms with van der Waals surface area (Å²) in [5.41, 5.74) is 1.89. The number of nitrogens with one attached hydrogen (secondary N) is 1. The second-order valence-corrected chi connectivity index (χ2v) is 8.42. The van der Waals surface area contributed by atoms with E-state index >= 15 is 0 Å². The molecular formula is C20H26N4O2S. The zero-order chi connectivity index (χ0) is 19.4. The molecule has 3 aromatic rings. The van der Waals surface area contributed by atoms with Crippen LogP contribution >= 0.6 is 11.8 Å². The maximum Gasteiger partial charge on any atom is 0.277 e. The molecular weight excluding hydrogens is 360 g/mol. The Kier molecular flexibility index (Phi) is 6.21. The van der Waals surface area contributed by atoms with Crippen molar-refractivity contribution in [3.63, 3.8) is 0 Å². The smallest absolute Gasteiger partial charge is 0.277 e. The van der Waals surface area contributed by atoms with E-state index in [2.05, 4.69) is 42.9 Å². The Balaban J connectivity index is 1.66. The van der Waals surface area contributed by atoms with Crippen LogP contribution in [-0.4, -0.2) is 44.8 Å². The molecule has 2 heterocycles. The van der Waals surface area contributed by atoms with Crippen LogP contribution in [-0.2, 0) is 4.79 Å². The lowest BCUT2D eigenvalue weighted by molar-refractivity contribution is -0.129. The third kappa shape index (κ3) is 4.91. The Labute approximate surface area is 163 Å². The molecule has 0 saturated carbocycles. The summed E-state index contributed by atoms with van der Waals surface area (Å²) in [6, 6.07) is 7.96. The molecule has 144 valence electrons. The first-order chi connectivity index (χ1) is 12.9. The number of para-hydroxylation sites is 1. The number of benzene rings is 1. The van der Waals surface area contributed by atoms with Crippen molar-refractivity contribution >= 4 is 28.6 Å². The third-order valence-corrected chi connectivity index (χ3v) is 4.87. The fourth-order valence-electron chi connectivity index (χ4n) is 3.00. The number of nitrogens with zero attached hydrogens (tertiary/aromatic N) is 3. The van der Waals surface area contributed by atoms with Gasteiger partial charge in [-0.2, -0.15) is 0 Å². The van der Waals surface area contributed by atoms with Crippen molar-refractivity contribution in [1.29, 1.82) is 0 Å². The molecule has 2 aromatic heterocycles. The Morgan fingerprint density at radius 2 is 1.85 bits per heavy atom. The molecule has 0 unspecified atom stereocenters. The van der Waals surface area contributed by atoms with Crippen LogP contribution in [0.1, 0.15) is 27.7 Å². The summed E-state index contributed by atoms with van der Waals surface area (Å²) in [5.74, 6) is 1.75. The second-order valence-electron chi connectivity index (χ2n) is 7.50. The number of rotatable bonds is 8. The molecule has 6 nitrogen and oxygen atoms in total. The molecule has 1 amide bonds. The zero-order valence-electron chi connectivity index (χ0n) is 16.2. The van der Waals surface area contributed by atoms with Gasteiger partial charge in [0, 0.05) is 30.2 Å². The highest BCUT2D eigenvalue weighted by Crippen LogP contribution is 2.29. The molecule has 1 N–H and O–H groups in total. The van der Waals surface area contributed by atoms with Crippen LogP contribution in [0.2, 0.25) is 0 Å². The van der Waals surface area contributed by atoms with Gasteiger partial charge in [-0.25, -0.2) is 0 Å². The van der Waals surface area contributed by atoms with Crippen LogP contribution < -0.4 is 0 Å². The highest BCUT2D eigenvalue weighted by atomic mass is 32.2. The van der Waals surface area contributed by atoms with Gasteiger partial charge in [-0.3, -0.25) is 4.79 Å². The second kappa shape index (κ2) is 8.61. The fraction of sp³-hybridized carbons (Fsp3) is 0.450. The fourth-order valence-corrected chi connectivity index (χ4v) is 3.67. The van der Waals surface area contributed by atoms with Crippen LogP contribution in [0.25, 0.3) is 22.4 Å². The molecule has 3 rings (SSSR count). The standard InChI is InChI=1S/C20H26N4O2S/c1-13(2)10-24(11-14(3)4)18(25)12-27-20-23-22-19(26-20)16-9-21-17-8-6-5-7-15(16)17/h5-9,13-14,21H,10-12H2,1-4H3. The first kappa shape index (κ1) is 19.5. The van der Waals surface area contributed by atoms with Crippen molar-refractivity contribution in [2.24, 2.45) is 11.8 Å². The van der Waals surface area contributed by atoms with Gasteiger partial charge < -0.3 is 14.3 Å². The summed E-state index contributed by atoms with van der Waals surface area (Å²) in [6.45, 7) is 10.0. The molecule has 0 fully saturated rings. The number of amides is 1. The van der Waals surface area contributed by atoms with E-state index in [1.807, 2.05) is 35.4 Å². The number of aromatic amines is 1. The summed E-state index contributed by atoms with van der Waals surface area (Å²) < 4.78 is 5.78. The van der Waals surface area contributed by atoms with E-state index < -0.39 is 0 Å². The number of aromatic nitrogens is 3. The lowest BCUT2D eigenvalue weighted by Gasteiger charge is -2.26. The van der Waals surface area contributed by atoms with Crippen molar-refractivity contribution in [2.75, 3.05) is 18.8 Å². The van der Waals surface area contributed by atoms with Crippen LogP contribution in [0.15, 0.2) is 40.1 Å². The molecule has 27 heavy (non-hydrogen) atoms. The first-order valence-corrected chi connectivity index (χ1v) is 10.2. The lowest BCUT2D eigenvalue weighted by Crippen LogP contribution is -2.38. The quantitative estimate of drug-likeness (QED) is 0.579. The number of carbonyl (C=O) groups excluding carboxylic acids is 1. The Morgan fingerprint density at radius 1 is 1.15 bits per heavy atom. The van der Waals surface area contributed by atoms with Gasteiger partial charge in [0.15, 0.2) is 0 Å². The summed E-state index contributed by atoms with van der Waals surface area (Å²) in [4.78, 5) is 17.7. The van der Waals surface area contributed by atoms with Gasteiger partial charge >= 0.3 is 0 Å². The van der Waals surface area contributed by atoms with Crippen LogP contribution in [0.5, 0.6) is 0 Å². The van der Waals surface area contributed by atoms with Gasteiger partial charge in [-0.05, 0) is 17.9 Å². The minimum absolute atomic E-state index is 0.106. The minimum Gasteiger partial charge on any atom is -0.411 e. The summed E-state index contributed by atoms with van der Waals surface area (Å²) >= 11 is 1.29. The van der Waals surface area contributed by atoms with E-state index in [-0.39, 0.29) is 5.91 Å². The molecule has 7 heteroatoms. The predicted octanol–water partition coefficient (Wildman–Crippen LogP) is 4.45. The first-order valence-electron chi connectivity index (χ1n) is 9.24. The Bertz CT molecular complexity index is 890. The molecule has 0 bridgehead atoms. The van der Waals surface area contributed by atoms with E-state index in [0.717, 1.165) is 29.6 Å². The number of hydrogen-bond acceptors (Lipinski definition) is 5. The maximum atomic E-state index is 12.6. The largest absolute Gasteiger partial charge is 0.411 e. The molecule has 1 aromatic carbocycles. The predicted molar refractivity (Wildman–Crippen MR) is 109 cm³/mol. The van der Waals surface area contributed by atoms with E-state index in [1.54, 1.807) is 0 Å². The number of hydrogen-bond donors (Lipinski definition) is 1. The van der Waals surface area contributed by atoms with Gasteiger partial charge in [-0.15, -0.1) is 10.2 Å². The lowest BCUT2D eigenvalue weighted by atomic mass is 10.1. The summed E-state index contributed by atoms with van der Waals surface area (Å²) in [5, 5.41) is 9.69. The molecule has 0 aliphatic rings. The summed E-state index contributed by atoms with van der Waals surface area (Å²) in [7, 11) is 0. The van der Waals surface area contributed by atoms with Gasteiger partial charge in [0.1, 0.15) is 0 Å². The zero-order valence-corrected chi connectivity index (χ0v) is 17.0. The molecule has 0 aliphatic carbocycles. The molecule has 0 radical (unpaired) electrons. The van der Waals surface area contributed by atoms with Crippen molar-refractivity contribution in [3.8, 4) is 11.5 Å². The van der Waals surface area contributed by atoms with Crippen molar-refractivity contribution < 1.29 is 9.21 Å². The van der Waals surface area contributed by atoms with E-state index in [4.69, 9.17) is 4.42 Å². The van der Waals surface area contributed by atoms with Crippen molar-refractivity contribution in [1.82, 2.24) is 20.1 Å². The number of carbonyl (C=O) groups is 1. The minimum atomic E-state index is 0.106. The van der Waals surface area contributed by atoms with E-state index in [1.165, 1.54) is 11.8 Å². The average Bonchev–Trinajstić information content (AvgIpc) is 3.24. The molecule has 0 spiro atoms. The number of H-pyrrole nitrogens is 1. The van der Waals surface area contributed by atoms with E-state index in [0.29, 0.717) is 28.7 Å². The van der Waals surface area contributed by atoms with Crippen LogP contribution in [0.3, 0.4) is 0 Å². The molecule has 0 saturated heterocycles. The number of fused-ring (bicyclic) bond motifs is 1. The highest BCUT2D eigenvalue weighted by Gasteiger charge is 2.19. The monoisotopic (exact) mass is 386 g/mol. The SMILES string of the molecule is CC(C)CN(CC(C)C)C(=O)CSc1nnc(-c2c[nH]c3ccccc23)o1. The topological polar surface area (TPSA) is 75.0 Å². The van der Waals surface area contributed by atoms with E-state index in [9.17, 15) is 4.79 Å². The average molecular weight is 387 g/mol. The van der Waals surface area contributed by atoms with Gasteiger partial charge in [-0.1, -0.05) is 57.7 Å². The molecule has 0 atom stereocenters. The van der Waals surface area contributed by atoms with Gasteiger partial charge in [0.05, 0.1) is 11.3 Å². The normalized spacial score (nSPS) is 11.6. The summed E-state index contributed by atoms with van der Waals surface area (Å²) in [6.07, 6.45) is 1.87. The number of thioether (sulfide) groups is 1. The van der Waals surface area contributed by atoms with Crippen molar-refractivity contribution in [2.45, 2.75) is 32.9 Å². The van der Waals surface area contributed by atoms with Gasteiger partial charge in [0.2, 0.25) is 5.91 Å². The van der Waals surface area contributed by atoms with Crippen LogP contribution in [0, 0.1) is 11.8 Å². The third-order valence-electron chi connectivity index (χ3n) is 4.07. The Morgan fingerprint density at radius 3 is 2.56 bits per heavy atom. The van der Waals surface area contributed by atoms with Crippen molar-refractivity contribution in [3.05, 3.63) is 30.5 Å². The maximum absolute atomic E-state index is 12.6.